The van der Waals surface area contributed by atoms with Crippen LogP contribution in [-0.2, 0) is 11.3 Å². The molecule has 1 N–H and O–H groups in total. The Balaban J connectivity index is 1.88. The van der Waals surface area contributed by atoms with Crippen LogP contribution in [0.5, 0.6) is 0 Å². The molecule has 0 aromatic carbocycles. The van der Waals surface area contributed by atoms with Gasteiger partial charge in [0.15, 0.2) is 5.82 Å². The molecule has 7 nitrogen and oxygen atoms in total. The topological polar surface area (TPSA) is 72.3 Å². The second-order valence-corrected chi connectivity index (χ2v) is 5.74. The van der Waals surface area contributed by atoms with Gasteiger partial charge >= 0.3 is 6.03 Å². The van der Waals surface area contributed by atoms with Gasteiger partial charge in [0.1, 0.15) is 6.33 Å². The van der Waals surface area contributed by atoms with E-state index in [4.69, 9.17) is 4.74 Å². The van der Waals surface area contributed by atoms with E-state index in [1.165, 1.54) is 4.90 Å². The fourth-order valence-electron chi connectivity index (χ4n) is 2.53. The van der Waals surface area contributed by atoms with Crippen molar-refractivity contribution < 1.29 is 18.3 Å². The number of carbonyl (C=O) groups is 1. The molecule has 23 heavy (non-hydrogen) atoms. The molecule has 1 aliphatic rings. The Kier molecular flexibility index (Phi) is 5.86. The molecule has 0 bridgehead atoms. The summed E-state index contributed by atoms with van der Waals surface area (Å²) in [7, 11) is 1.64. The molecule has 1 saturated heterocycles. The molecule has 0 unspecified atom stereocenters. The second kappa shape index (κ2) is 7.67. The highest BCUT2D eigenvalue weighted by molar-refractivity contribution is 5.74. The zero-order chi connectivity index (χ0) is 16.9. The third kappa shape index (κ3) is 4.85. The van der Waals surface area contributed by atoms with Crippen molar-refractivity contribution in [3.8, 4) is 0 Å². The number of aryl methyl sites for hydroxylation is 1. The minimum Gasteiger partial charge on any atom is -0.385 e. The summed E-state index contributed by atoms with van der Waals surface area (Å²) in [5, 5.41) is 10.7. The summed E-state index contributed by atoms with van der Waals surface area (Å²) in [5.74, 6) is -2.03. The number of hydrogen-bond acceptors (Lipinski definition) is 4. The van der Waals surface area contributed by atoms with Crippen molar-refractivity contribution >= 4 is 6.03 Å². The molecule has 0 aliphatic carbocycles. The fraction of sp³-hybridized carbons (Fsp3) is 0.786. The summed E-state index contributed by atoms with van der Waals surface area (Å²) < 4.78 is 33.1. The number of nitrogens with one attached hydrogen (secondary N) is 1. The van der Waals surface area contributed by atoms with Crippen LogP contribution in [0.25, 0.3) is 0 Å². The summed E-state index contributed by atoms with van der Waals surface area (Å²) in [6.45, 7) is 3.23. The van der Waals surface area contributed by atoms with Crippen LogP contribution in [0, 0.1) is 0 Å². The number of ether oxygens (including phenoxy) is 1. The third-order valence-corrected chi connectivity index (χ3v) is 3.90. The Morgan fingerprint density at radius 2 is 2.17 bits per heavy atom. The molecule has 1 aromatic heterocycles. The maximum Gasteiger partial charge on any atom is 0.317 e. The van der Waals surface area contributed by atoms with Gasteiger partial charge in [-0.05, 0) is 13.3 Å². The first-order valence-corrected chi connectivity index (χ1v) is 7.73. The number of piperidine rings is 1. The van der Waals surface area contributed by atoms with Crippen LogP contribution in [-0.4, -0.2) is 58.4 Å². The maximum absolute atomic E-state index is 13.1. The lowest BCUT2D eigenvalue weighted by Crippen LogP contribution is -2.48. The predicted molar refractivity (Wildman–Crippen MR) is 79.2 cm³/mol. The van der Waals surface area contributed by atoms with Crippen LogP contribution < -0.4 is 5.32 Å². The highest BCUT2D eigenvalue weighted by atomic mass is 19.3. The van der Waals surface area contributed by atoms with Crippen molar-refractivity contribution in [1.82, 2.24) is 25.0 Å². The smallest absolute Gasteiger partial charge is 0.317 e. The zero-order valence-electron chi connectivity index (χ0n) is 13.5. The van der Waals surface area contributed by atoms with Gasteiger partial charge < -0.3 is 19.5 Å². The van der Waals surface area contributed by atoms with E-state index in [1.54, 1.807) is 20.4 Å². The number of likely N-dealkylation sites (tertiary alicyclic amines) is 1. The SMILES string of the molecule is COCCCn1cnnc1[C@H](C)NC(=O)N1CCC(F)(F)CC1. The maximum atomic E-state index is 13.1. The lowest BCUT2D eigenvalue weighted by atomic mass is 10.1. The van der Waals surface area contributed by atoms with Crippen molar-refractivity contribution in [2.45, 2.75) is 44.7 Å². The molecule has 1 atom stereocenters. The average molecular weight is 331 g/mol. The van der Waals surface area contributed by atoms with Gasteiger partial charge in [-0.2, -0.15) is 0 Å². The molecular formula is C14H23F2N5O2. The van der Waals surface area contributed by atoms with E-state index in [1.807, 2.05) is 4.57 Å². The van der Waals surface area contributed by atoms with Crippen LogP contribution in [0.15, 0.2) is 6.33 Å². The van der Waals surface area contributed by atoms with Crippen LogP contribution in [0.2, 0.25) is 0 Å². The third-order valence-electron chi connectivity index (χ3n) is 3.90. The van der Waals surface area contributed by atoms with Gasteiger partial charge in [-0.1, -0.05) is 0 Å². The first-order valence-electron chi connectivity index (χ1n) is 7.73. The van der Waals surface area contributed by atoms with E-state index in [-0.39, 0.29) is 38.0 Å². The van der Waals surface area contributed by atoms with Gasteiger partial charge in [0.05, 0.1) is 6.04 Å². The van der Waals surface area contributed by atoms with Gasteiger partial charge in [0.25, 0.3) is 5.92 Å². The molecule has 0 radical (unpaired) electrons. The Morgan fingerprint density at radius 1 is 1.48 bits per heavy atom. The molecular weight excluding hydrogens is 308 g/mol. The van der Waals surface area contributed by atoms with E-state index in [2.05, 4.69) is 15.5 Å². The lowest BCUT2D eigenvalue weighted by Gasteiger charge is -2.32. The van der Waals surface area contributed by atoms with Crippen molar-refractivity contribution in [3.05, 3.63) is 12.2 Å². The highest BCUT2D eigenvalue weighted by Crippen LogP contribution is 2.27. The molecule has 1 fully saturated rings. The lowest BCUT2D eigenvalue weighted by molar-refractivity contribution is -0.0470. The van der Waals surface area contributed by atoms with Gasteiger partial charge in [0.2, 0.25) is 0 Å². The van der Waals surface area contributed by atoms with Gasteiger partial charge in [-0.25, -0.2) is 13.6 Å². The number of aromatic nitrogens is 3. The summed E-state index contributed by atoms with van der Waals surface area (Å²) in [4.78, 5) is 13.6. The number of hydrogen-bond donors (Lipinski definition) is 1. The number of halogens is 2. The highest BCUT2D eigenvalue weighted by Gasteiger charge is 2.35. The number of amides is 2. The van der Waals surface area contributed by atoms with Crippen molar-refractivity contribution in [2.24, 2.45) is 0 Å². The average Bonchev–Trinajstić information content (AvgIpc) is 2.96. The van der Waals surface area contributed by atoms with Gasteiger partial charge in [0, 0.05) is 46.2 Å². The first kappa shape index (κ1) is 17.6. The van der Waals surface area contributed by atoms with Crippen molar-refractivity contribution in [1.29, 1.82) is 0 Å². The quantitative estimate of drug-likeness (QED) is 0.807. The van der Waals surface area contributed by atoms with Gasteiger partial charge in [-0.3, -0.25) is 0 Å². The molecule has 1 aromatic rings. The van der Waals surface area contributed by atoms with Crippen LogP contribution in [0.3, 0.4) is 0 Å². The molecule has 1 aliphatic heterocycles. The summed E-state index contributed by atoms with van der Waals surface area (Å²) in [6.07, 6.45) is 1.84. The number of rotatable bonds is 6. The molecule has 9 heteroatoms. The summed E-state index contributed by atoms with van der Waals surface area (Å²) in [5.41, 5.74) is 0. The van der Waals surface area contributed by atoms with E-state index in [0.29, 0.717) is 19.0 Å². The number of alkyl halides is 2. The van der Waals surface area contributed by atoms with Crippen molar-refractivity contribution in [3.63, 3.8) is 0 Å². The fourth-order valence-corrected chi connectivity index (χ4v) is 2.53. The molecule has 2 amide bonds. The van der Waals surface area contributed by atoms with Gasteiger partial charge in [-0.15, -0.1) is 10.2 Å². The van der Waals surface area contributed by atoms with E-state index in [0.717, 1.165) is 6.42 Å². The van der Waals surface area contributed by atoms with E-state index >= 15 is 0 Å². The minimum absolute atomic E-state index is 0.0616. The number of urea groups is 1. The van der Waals surface area contributed by atoms with Crippen LogP contribution in [0.1, 0.15) is 38.1 Å². The first-order chi connectivity index (χ1) is 10.9. The van der Waals surface area contributed by atoms with Crippen molar-refractivity contribution in [2.75, 3.05) is 26.8 Å². The Bertz CT molecular complexity index is 513. The zero-order valence-corrected chi connectivity index (χ0v) is 13.5. The van der Waals surface area contributed by atoms with Crippen LogP contribution in [0.4, 0.5) is 13.6 Å². The number of carbonyl (C=O) groups excluding carboxylic acids is 1. The monoisotopic (exact) mass is 331 g/mol. The standard InChI is InChI=1S/C14H23F2N5O2/c1-11(12-19-17-10-21(12)6-3-9-23-2)18-13(22)20-7-4-14(15,16)5-8-20/h10-11H,3-9H2,1-2H3,(H,18,22)/t11-/m0/s1. The van der Waals surface area contributed by atoms with E-state index < -0.39 is 5.92 Å². The number of methoxy groups -OCH3 is 1. The second-order valence-electron chi connectivity index (χ2n) is 5.74. The molecule has 2 rings (SSSR count). The van der Waals surface area contributed by atoms with E-state index in [9.17, 15) is 13.6 Å². The Hall–Kier alpha value is -1.77. The summed E-state index contributed by atoms with van der Waals surface area (Å²) >= 11 is 0. The molecule has 0 saturated carbocycles. The largest absolute Gasteiger partial charge is 0.385 e. The molecule has 2 heterocycles. The summed E-state index contributed by atoms with van der Waals surface area (Å²) in [6, 6.07) is -0.700. The predicted octanol–water partition coefficient (Wildman–Crippen LogP) is 1.82. The normalized spacial score (nSPS) is 18.7. The Morgan fingerprint density at radius 3 is 2.83 bits per heavy atom. The minimum atomic E-state index is -2.66. The number of nitrogens with zero attached hydrogens (tertiary/aromatic N) is 4. The molecule has 0 spiro atoms. The molecule has 130 valence electrons. The Labute approximate surface area is 134 Å². The van der Waals surface area contributed by atoms with Crippen LogP contribution >= 0.6 is 0 Å².